The molecule has 1 N–H and O–H groups in total. The lowest BCUT2D eigenvalue weighted by Crippen LogP contribution is -2.42. The van der Waals surface area contributed by atoms with Gasteiger partial charge in [0.15, 0.2) is 0 Å². The zero-order chi connectivity index (χ0) is 19.9. The van der Waals surface area contributed by atoms with E-state index in [1.807, 2.05) is 47.2 Å². The predicted molar refractivity (Wildman–Crippen MR) is 106 cm³/mol. The molecular weight excluding hydrogens is 354 g/mol. The molecule has 3 rings (SSSR count). The molecule has 144 valence electrons. The minimum atomic E-state index is -0.766. The number of rotatable bonds is 7. The molecule has 3 aromatic rings. The minimum Gasteiger partial charge on any atom is -0.467 e. The molecule has 1 heterocycles. The van der Waals surface area contributed by atoms with Gasteiger partial charge in [0.05, 0.1) is 25.2 Å². The molecule has 0 aliphatic carbocycles. The molecule has 1 amide bonds. The summed E-state index contributed by atoms with van der Waals surface area (Å²) in [6, 6.07) is 19.5. The van der Waals surface area contributed by atoms with Crippen molar-refractivity contribution < 1.29 is 14.3 Å². The Balaban J connectivity index is 1.90. The Hall–Kier alpha value is -3.41. The lowest BCUT2D eigenvalue weighted by atomic mass is 9.98. The van der Waals surface area contributed by atoms with E-state index < -0.39 is 12.0 Å². The van der Waals surface area contributed by atoms with Crippen molar-refractivity contribution in [3.05, 3.63) is 90.0 Å². The Morgan fingerprint density at radius 1 is 1.04 bits per heavy atom. The highest BCUT2D eigenvalue weighted by Gasteiger charge is 2.23. The Morgan fingerprint density at radius 2 is 1.61 bits per heavy atom. The van der Waals surface area contributed by atoms with E-state index in [2.05, 4.69) is 34.6 Å². The lowest BCUT2D eigenvalue weighted by Gasteiger charge is -2.19. The number of methoxy groups -OCH3 is 1. The Morgan fingerprint density at radius 3 is 2.11 bits per heavy atom. The molecule has 1 unspecified atom stereocenters. The number of nitrogens with one attached hydrogen (secondary N) is 1. The third-order valence-electron chi connectivity index (χ3n) is 4.46. The second kappa shape index (κ2) is 8.99. The summed E-state index contributed by atoms with van der Waals surface area (Å²) in [6.45, 7) is 1.37. The number of carbonyl (C=O) groups excluding carboxylic acids is 2. The maximum atomic E-state index is 12.0. The van der Waals surface area contributed by atoms with Crippen LogP contribution in [-0.2, 0) is 20.7 Å². The summed E-state index contributed by atoms with van der Waals surface area (Å²) in [7, 11) is 1.30. The van der Waals surface area contributed by atoms with Gasteiger partial charge in [0.2, 0.25) is 5.91 Å². The summed E-state index contributed by atoms with van der Waals surface area (Å²) in [5.74, 6) is -0.784. The smallest absolute Gasteiger partial charge is 0.328 e. The number of benzene rings is 2. The van der Waals surface area contributed by atoms with Crippen molar-refractivity contribution in [1.82, 2.24) is 14.9 Å². The number of hydrogen-bond acceptors (Lipinski definition) is 4. The van der Waals surface area contributed by atoms with Gasteiger partial charge in [-0.2, -0.15) is 0 Å². The van der Waals surface area contributed by atoms with E-state index in [4.69, 9.17) is 4.74 Å². The minimum absolute atomic E-state index is 0.0407. The van der Waals surface area contributed by atoms with Crippen LogP contribution in [0.2, 0.25) is 0 Å². The highest BCUT2D eigenvalue weighted by atomic mass is 16.5. The number of nitrogens with zero attached hydrogens (tertiary/aromatic N) is 2. The Bertz CT molecular complexity index is 883. The first-order chi connectivity index (χ1) is 13.6. The number of esters is 1. The largest absolute Gasteiger partial charge is 0.467 e. The molecule has 6 heteroatoms. The molecule has 0 saturated heterocycles. The van der Waals surface area contributed by atoms with Gasteiger partial charge in [0.1, 0.15) is 6.04 Å². The molecule has 0 radical (unpaired) electrons. The fourth-order valence-electron chi connectivity index (χ4n) is 3.22. The first kappa shape index (κ1) is 19.4. The van der Waals surface area contributed by atoms with Crippen LogP contribution < -0.4 is 5.32 Å². The van der Waals surface area contributed by atoms with Gasteiger partial charge in [-0.3, -0.25) is 4.79 Å². The van der Waals surface area contributed by atoms with E-state index in [9.17, 15) is 9.59 Å². The van der Waals surface area contributed by atoms with Gasteiger partial charge in [-0.25, -0.2) is 9.78 Å². The van der Waals surface area contributed by atoms with Crippen LogP contribution in [0.1, 0.15) is 29.8 Å². The maximum absolute atomic E-state index is 12.0. The maximum Gasteiger partial charge on any atom is 0.328 e. The zero-order valence-corrected chi connectivity index (χ0v) is 15.9. The summed E-state index contributed by atoms with van der Waals surface area (Å²) < 4.78 is 6.81. The summed E-state index contributed by atoms with van der Waals surface area (Å²) >= 11 is 0. The van der Waals surface area contributed by atoms with E-state index in [1.54, 1.807) is 6.33 Å². The van der Waals surface area contributed by atoms with E-state index in [0.717, 1.165) is 11.1 Å². The lowest BCUT2D eigenvalue weighted by molar-refractivity contribution is -0.144. The number of hydrogen-bond donors (Lipinski definition) is 1. The summed E-state index contributed by atoms with van der Waals surface area (Å²) in [4.78, 5) is 27.8. The van der Waals surface area contributed by atoms with Crippen molar-refractivity contribution in [1.29, 1.82) is 0 Å². The van der Waals surface area contributed by atoms with Crippen LogP contribution in [0.15, 0.2) is 73.2 Å². The number of imidazole rings is 1. The van der Waals surface area contributed by atoms with Gasteiger partial charge >= 0.3 is 5.97 Å². The molecule has 6 nitrogen and oxygen atoms in total. The summed E-state index contributed by atoms with van der Waals surface area (Å²) in [5.41, 5.74) is 2.95. The second-order valence-electron chi connectivity index (χ2n) is 6.52. The van der Waals surface area contributed by atoms with Gasteiger partial charge in [-0.15, -0.1) is 0 Å². The molecule has 0 bridgehead atoms. The second-order valence-corrected chi connectivity index (χ2v) is 6.52. The van der Waals surface area contributed by atoms with Gasteiger partial charge in [-0.1, -0.05) is 60.7 Å². The van der Waals surface area contributed by atoms with Crippen molar-refractivity contribution in [3.63, 3.8) is 0 Å². The predicted octanol–water partition coefficient (Wildman–Crippen LogP) is 2.74. The van der Waals surface area contributed by atoms with Crippen LogP contribution in [0.4, 0.5) is 0 Å². The topological polar surface area (TPSA) is 73.2 Å². The van der Waals surface area contributed by atoms with Crippen LogP contribution in [-0.4, -0.2) is 34.6 Å². The number of amides is 1. The highest BCUT2D eigenvalue weighted by Crippen LogP contribution is 2.26. The van der Waals surface area contributed by atoms with Crippen LogP contribution in [0.3, 0.4) is 0 Å². The monoisotopic (exact) mass is 377 g/mol. The average molecular weight is 377 g/mol. The molecule has 28 heavy (non-hydrogen) atoms. The van der Waals surface area contributed by atoms with Crippen molar-refractivity contribution in [3.8, 4) is 0 Å². The molecule has 0 saturated carbocycles. The van der Waals surface area contributed by atoms with E-state index in [-0.39, 0.29) is 18.4 Å². The van der Waals surface area contributed by atoms with E-state index in [0.29, 0.717) is 5.69 Å². The fraction of sp³-hybridized carbons (Fsp3) is 0.227. The number of carbonyl (C=O) groups is 2. The Kier molecular flexibility index (Phi) is 6.22. The van der Waals surface area contributed by atoms with Gasteiger partial charge in [0.25, 0.3) is 0 Å². The molecule has 0 spiro atoms. The van der Waals surface area contributed by atoms with Gasteiger partial charge < -0.3 is 14.6 Å². The van der Waals surface area contributed by atoms with Gasteiger partial charge in [-0.05, 0) is 11.1 Å². The van der Waals surface area contributed by atoms with Crippen molar-refractivity contribution in [2.75, 3.05) is 7.11 Å². The summed E-state index contributed by atoms with van der Waals surface area (Å²) in [6.07, 6.45) is 3.92. The Labute approximate surface area is 164 Å². The van der Waals surface area contributed by atoms with Crippen LogP contribution in [0.25, 0.3) is 0 Å². The number of ether oxygens (including phenoxy) is 1. The van der Waals surface area contributed by atoms with E-state index >= 15 is 0 Å². The molecule has 1 atom stereocenters. The normalized spacial score (nSPS) is 11.8. The third-order valence-corrected chi connectivity index (χ3v) is 4.46. The SMILES string of the molecule is COC(=O)C(Cc1cn(C(c2ccccc2)c2ccccc2)cn1)NC(C)=O. The molecule has 0 aliphatic heterocycles. The molecule has 2 aromatic carbocycles. The third kappa shape index (κ3) is 4.65. The first-order valence-electron chi connectivity index (χ1n) is 9.05. The number of aromatic nitrogens is 2. The van der Waals surface area contributed by atoms with Crippen molar-refractivity contribution in [2.24, 2.45) is 0 Å². The van der Waals surface area contributed by atoms with Crippen LogP contribution in [0, 0.1) is 0 Å². The molecular formula is C22H23N3O3. The first-order valence-corrected chi connectivity index (χ1v) is 9.05. The molecule has 1 aromatic heterocycles. The zero-order valence-electron chi connectivity index (χ0n) is 15.9. The summed E-state index contributed by atoms with van der Waals surface area (Å²) in [5, 5.41) is 2.62. The van der Waals surface area contributed by atoms with Crippen molar-refractivity contribution >= 4 is 11.9 Å². The molecule has 0 aliphatic rings. The highest BCUT2D eigenvalue weighted by molar-refractivity contribution is 5.83. The fourth-order valence-corrected chi connectivity index (χ4v) is 3.22. The van der Waals surface area contributed by atoms with Crippen molar-refractivity contribution in [2.45, 2.75) is 25.4 Å². The van der Waals surface area contributed by atoms with Crippen LogP contribution >= 0.6 is 0 Å². The average Bonchev–Trinajstić information content (AvgIpc) is 3.16. The molecule has 0 fully saturated rings. The standard InChI is InChI=1S/C22H23N3O3/c1-16(26)24-20(22(27)28-2)13-19-14-25(15-23-19)21(17-9-5-3-6-10-17)18-11-7-4-8-12-18/h3-12,14-15,20-21H,13H2,1-2H3,(H,24,26). The quantitative estimate of drug-likeness (QED) is 0.643. The van der Waals surface area contributed by atoms with E-state index in [1.165, 1.54) is 14.0 Å². The van der Waals surface area contributed by atoms with Gasteiger partial charge in [0, 0.05) is 19.5 Å². The van der Waals surface area contributed by atoms with Crippen LogP contribution in [0.5, 0.6) is 0 Å².